The van der Waals surface area contributed by atoms with Gasteiger partial charge in [-0.25, -0.2) is 0 Å². The van der Waals surface area contributed by atoms with Gasteiger partial charge in [0.1, 0.15) is 11.8 Å². The number of aliphatic carboxylic acids is 1. The van der Waals surface area contributed by atoms with Gasteiger partial charge in [0.2, 0.25) is 0 Å². The van der Waals surface area contributed by atoms with E-state index in [1.165, 1.54) is 18.2 Å². The zero-order valence-corrected chi connectivity index (χ0v) is 14.6. The molecule has 0 amide bonds. The summed E-state index contributed by atoms with van der Waals surface area (Å²) in [4.78, 5) is 13.1. The summed E-state index contributed by atoms with van der Waals surface area (Å²) < 4.78 is 43.8. The smallest absolute Gasteiger partial charge is 0.419 e. The van der Waals surface area contributed by atoms with E-state index in [1.807, 2.05) is 4.90 Å². The van der Waals surface area contributed by atoms with Crippen molar-refractivity contribution in [3.05, 3.63) is 29.8 Å². The van der Waals surface area contributed by atoms with Crippen LogP contribution in [0.2, 0.25) is 0 Å². The number of carboxylic acid groups (broad SMARTS) is 1. The first-order valence-corrected chi connectivity index (χ1v) is 8.15. The molecule has 1 saturated heterocycles. The predicted molar refractivity (Wildman–Crippen MR) is 90.3 cm³/mol. The first-order chi connectivity index (χ1) is 11.4. The fourth-order valence-corrected chi connectivity index (χ4v) is 2.96. The molecule has 8 heteroatoms. The molecule has 1 aliphatic rings. The highest BCUT2D eigenvalue weighted by molar-refractivity contribution is 5.85. The number of carbonyl (C=O) groups is 1. The molecule has 1 unspecified atom stereocenters. The fraction of sp³-hybridized carbons (Fsp3) is 0.588. The van der Waals surface area contributed by atoms with E-state index in [2.05, 4.69) is 0 Å². The number of alkyl halides is 3. The van der Waals surface area contributed by atoms with E-state index in [4.69, 9.17) is 4.74 Å². The molecule has 4 nitrogen and oxygen atoms in total. The number of likely N-dealkylation sites (tertiary alicyclic amines) is 1. The molecule has 1 aliphatic heterocycles. The second kappa shape index (κ2) is 9.87. The number of carboxylic acids is 1. The van der Waals surface area contributed by atoms with E-state index < -0.39 is 23.8 Å². The number of halogens is 4. The molecule has 25 heavy (non-hydrogen) atoms. The maximum atomic E-state index is 12.8. The van der Waals surface area contributed by atoms with Crippen molar-refractivity contribution < 1.29 is 27.8 Å². The van der Waals surface area contributed by atoms with E-state index in [1.54, 1.807) is 0 Å². The van der Waals surface area contributed by atoms with Crippen LogP contribution >= 0.6 is 12.4 Å². The number of unbranched alkanes of at least 4 members (excludes halogenated alkanes) is 1. The number of hydrogen-bond acceptors (Lipinski definition) is 3. The number of rotatable bonds is 7. The van der Waals surface area contributed by atoms with Gasteiger partial charge in [0.25, 0.3) is 0 Å². The summed E-state index contributed by atoms with van der Waals surface area (Å²) in [5, 5.41) is 9.19. The lowest BCUT2D eigenvalue weighted by molar-refractivity contribution is -0.144. The van der Waals surface area contributed by atoms with Crippen molar-refractivity contribution in [2.24, 2.45) is 0 Å². The van der Waals surface area contributed by atoms with Crippen LogP contribution in [0.5, 0.6) is 5.75 Å². The lowest BCUT2D eigenvalue weighted by Crippen LogP contribution is -2.45. The average molecular weight is 382 g/mol. The Morgan fingerprint density at radius 2 is 1.96 bits per heavy atom. The summed E-state index contributed by atoms with van der Waals surface area (Å²) in [5.74, 6) is -0.962. The van der Waals surface area contributed by atoms with Gasteiger partial charge in [0, 0.05) is 0 Å². The molecule has 1 fully saturated rings. The SMILES string of the molecule is Cl.O=C(O)C1CCCCN1CCCCOc1ccccc1C(F)(F)F. The van der Waals surface area contributed by atoms with Crippen molar-refractivity contribution in [3.8, 4) is 5.75 Å². The Labute approximate surface area is 151 Å². The fourth-order valence-electron chi connectivity index (χ4n) is 2.96. The van der Waals surface area contributed by atoms with Crippen molar-refractivity contribution >= 4 is 18.4 Å². The minimum Gasteiger partial charge on any atom is -0.493 e. The summed E-state index contributed by atoms with van der Waals surface area (Å²) in [6, 6.07) is 4.72. The molecule has 0 aliphatic carbocycles. The van der Waals surface area contributed by atoms with Gasteiger partial charge in [-0.15, -0.1) is 12.4 Å². The van der Waals surface area contributed by atoms with Crippen LogP contribution in [0.4, 0.5) is 13.2 Å². The summed E-state index contributed by atoms with van der Waals surface area (Å²) >= 11 is 0. The zero-order valence-electron chi connectivity index (χ0n) is 13.8. The zero-order chi connectivity index (χ0) is 17.6. The molecule has 0 bridgehead atoms. The van der Waals surface area contributed by atoms with Crippen LogP contribution in [-0.4, -0.2) is 41.7 Å². The minimum absolute atomic E-state index is 0. The first-order valence-electron chi connectivity index (χ1n) is 8.15. The highest BCUT2D eigenvalue weighted by atomic mass is 35.5. The summed E-state index contributed by atoms with van der Waals surface area (Å²) in [6.07, 6.45) is -0.596. The minimum atomic E-state index is -4.43. The maximum absolute atomic E-state index is 12.8. The van der Waals surface area contributed by atoms with Gasteiger partial charge in [0.05, 0.1) is 12.2 Å². The Kier molecular flexibility index (Phi) is 8.52. The van der Waals surface area contributed by atoms with Crippen molar-refractivity contribution in [1.82, 2.24) is 4.90 Å². The van der Waals surface area contributed by atoms with Gasteiger partial charge in [-0.3, -0.25) is 9.69 Å². The van der Waals surface area contributed by atoms with Crippen LogP contribution in [0.1, 0.15) is 37.7 Å². The summed E-state index contributed by atoms with van der Waals surface area (Å²) in [5.41, 5.74) is -0.771. The van der Waals surface area contributed by atoms with Gasteiger partial charge in [-0.05, 0) is 50.9 Å². The van der Waals surface area contributed by atoms with Crippen LogP contribution in [-0.2, 0) is 11.0 Å². The van der Waals surface area contributed by atoms with Crippen molar-refractivity contribution in [2.45, 2.75) is 44.3 Å². The highest BCUT2D eigenvalue weighted by Gasteiger charge is 2.34. The van der Waals surface area contributed by atoms with Crippen molar-refractivity contribution in [2.75, 3.05) is 19.7 Å². The largest absolute Gasteiger partial charge is 0.493 e. The van der Waals surface area contributed by atoms with Gasteiger partial charge < -0.3 is 9.84 Å². The maximum Gasteiger partial charge on any atom is 0.419 e. The number of nitrogens with zero attached hydrogens (tertiary/aromatic N) is 1. The van der Waals surface area contributed by atoms with E-state index >= 15 is 0 Å². The molecule has 0 saturated carbocycles. The molecule has 1 atom stereocenters. The first kappa shape index (κ1) is 21.6. The Hall–Kier alpha value is -1.47. The van der Waals surface area contributed by atoms with Crippen LogP contribution in [0.15, 0.2) is 24.3 Å². The lowest BCUT2D eigenvalue weighted by atomic mass is 10.0. The lowest BCUT2D eigenvalue weighted by Gasteiger charge is -2.32. The van der Waals surface area contributed by atoms with Crippen molar-refractivity contribution in [1.29, 1.82) is 0 Å². The molecule has 1 N–H and O–H groups in total. The van der Waals surface area contributed by atoms with Crippen LogP contribution in [0.3, 0.4) is 0 Å². The molecule has 1 aromatic carbocycles. The van der Waals surface area contributed by atoms with E-state index in [0.717, 1.165) is 25.5 Å². The normalized spacial score (nSPS) is 18.4. The third-order valence-electron chi connectivity index (χ3n) is 4.19. The third-order valence-corrected chi connectivity index (χ3v) is 4.19. The molecule has 1 heterocycles. The molecule has 1 aromatic rings. The van der Waals surface area contributed by atoms with Crippen LogP contribution in [0, 0.1) is 0 Å². The number of para-hydroxylation sites is 1. The Morgan fingerprint density at radius 1 is 1.24 bits per heavy atom. The number of hydrogen-bond donors (Lipinski definition) is 1. The summed E-state index contributed by atoms with van der Waals surface area (Å²) in [6.45, 7) is 1.56. The van der Waals surface area contributed by atoms with E-state index in [0.29, 0.717) is 25.8 Å². The molecule has 0 spiro atoms. The van der Waals surface area contributed by atoms with Gasteiger partial charge in [-0.2, -0.15) is 13.2 Å². The van der Waals surface area contributed by atoms with Crippen LogP contribution in [0.25, 0.3) is 0 Å². The van der Waals surface area contributed by atoms with Crippen molar-refractivity contribution in [3.63, 3.8) is 0 Å². The molecular formula is C17H23ClF3NO3. The Bertz CT molecular complexity index is 554. The van der Waals surface area contributed by atoms with Crippen LogP contribution < -0.4 is 4.74 Å². The predicted octanol–water partition coefficient (Wildman–Crippen LogP) is 4.23. The molecular weight excluding hydrogens is 359 g/mol. The Morgan fingerprint density at radius 3 is 2.64 bits per heavy atom. The number of benzene rings is 1. The molecule has 0 radical (unpaired) electrons. The summed E-state index contributed by atoms with van der Waals surface area (Å²) in [7, 11) is 0. The molecule has 142 valence electrons. The number of piperidine rings is 1. The van der Waals surface area contributed by atoms with Gasteiger partial charge in [0.15, 0.2) is 0 Å². The monoisotopic (exact) mass is 381 g/mol. The second-order valence-electron chi connectivity index (χ2n) is 5.94. The molecule has 0 aromatic heterocycles. The highest BCUT2D eigenvalue weighted by Crippen LogP contribution is 2.35. The van der Waals surface area contributed by atoms with E-state index in [-0.39, 0.29) is 24.8 Å². The molecule has 2 rings (SSSR count). The second-order valence-corrected chi connectivity index (χ2v) is 5.94. The topological polar surface area (TPSA) is 49.8 Å². The quantitative estimate of drug-likeness (QED) is 0.718. The van der Waals surface area contributed by atoms with Gasteiger partial charge in [-0.1, -0.05) is 18.6 Å². The third kappa shape index (κ3) is 6.40. The van der Waals surface area contributed by atoms with E-state index in [9.17, 15) is 23.1 Å². The Balaban J connectivity index is 0.00000312. The standard InChI is InChI=1S/C17H22F3NO3.ClH/c18-17(19,20)13-7-1-2-9-15(13)24-12-6-5-11-21-10-4-3-8-14(21)16(22)23;/h1-2,7,9,14H,3-6,8,10-12H2,(H,22,23);1H. The number of ether oxygens (including phenoxy) is 1. The van der Waals surface area contributed by atoms with Gasteiger partial charge >= 0.3 is 12.1 Å². The average Bonchev–Trinajstić information content (AvgIpc) is 2.54.